The molecular formula is C20H28FNO2. The third-order valence-corrected chi connectivity index (χ3v) is 5.98. The van der Waals surface area contributed by atoms with E-state index in [1.54, 1.807) is 12.1 Å². The number of ether oxygens (including phenoxy) is 1. The molecule has 1 aliphatic carbocycles. The van der Waals surface area contributed by atoms with Crippen molar-refractivity contribution in [2.75, 3.05) is 20.1 Å². The highest BCUT2D eigenvalue weighted by Gasteiger charge is 2.46. The summed E-state index contributed by atoms with van der Waals surface area (Å²) in [5.41, 5.74) is 0.210. The lowest BCUT2D eigenvalue weighted by Crippen LogP contribution is -2.44. The zero-order valence-electron chi connectivity index (χ0n) is 14.8. The zero-order valence-corrected chi connectivity index (χ0v) is 14.8. The van der Waals surface area contributed by atoms with Gasteiger partial charge in [-0.3, -0.25) is 4.79 Å². The average molecular weight is 333 g/mol. The van der Waals surface area contributed by atoms with Gasteiger partial charge in [-0.25, -0.2) is 4.39 Å². The number of esters is 1. The summed E-state index contributed by atoms with van der Waals surface area (Å²) in [6.45, 7) is 3.93. The molecule has 1 atom stereocenters. The first-order chi connectivity index (χ1) is 11.5. The highest BCUT2D eigenvalue weighted by atomic mass is 19.1. The summed E-state index contributed by atoms with van der Waals surface area (Å²) in [7, 11) is 2.10. The van der Waals surface area contributed by atoms with Crippen LogP contribution in [0.3, 0.4) is 0 Å². The fourth-order valence-electron chi connectivity index (χ4n) is 4.20. The normalized spacial score (nSPS) is 23.1. The van der Waals surface area contributed by atoms with Crippen LogP contribution >= 0.6 is 0 Å². The van der Waals surface area contributed by atoms with E-state index in [2.05, 4.69) is 11.9 Å². The third-order valence-electron chi connectivity index (χ3n) is 5.98. The molecule has 0 radical (unpaired) electrons. The van der Waals surface area contributed by atoms with Gasteiger partial charge in [0.2, 0.25) is 0 Å². The van der Waals surface area contributed by atoms with Crippen molar-refractivity contribution in [3.8, 4) is 0 Å². The van der Waals surface area contributed by atoms with Crippen LogP contribution in [0.2, 0.25) is 0 Å². The summed E-state index contributed by atoms with van der Waals surface area (Å²) in [5.74, 6) is -0.117. The molecule has 1 aromatic carbocycles. The van der Waals surface area contributed by atoms with Crippen LogP contribution < -0.4 is 0 Å². The molecule has 2 aliphatic rings. The van der Waals surface area contributed by atoms with Gasteiger partial charge in [-0.15, -0.1) is 0 Å². The quantitative estimate of drug-likeness (QED) is 0.783. The van der Waals surface area contributed by atoms with Crippen molar-refractivity contribution in [2.24, 2.45) is 5.92 Å². The summed E-state index contributed by atoms with van der Waals surface area (Å²) >= 11 is 0. The fourth-order valence-corrected chi connectivity index (χ4v) is 4.20. The SMILES string of the molecule is CN1CCC(OC(=O)C(C)(c2ccc(F)cc2)C2CCCC2)CC1. The van der Waals surface area contributed by atoms with Crippen LogP contribution in [0.25, 0.3) is 0 Å². The monoisotopic (exact) mass is 333 g/mol. The van der Waals surface area contributed by atoms with Crippen LogP contribution in [-0.4, -0.2) is 37.1 Å². The van der Waals surface area contributed by atoms with Gasteiger partial charge < -0.3 is 9.64 Å². The number of rotatable bonds is 4. The van der Waals surface area contributed by atoms with E-state index >= 15 is 0 Å². The van der Waals surface area contributed by atoms with E-state index in [0.717, 1.165) is 57.2 Å². The van der Waals surface area contributed by atoms with Crippen molar-refractivity contribution in [3.05, 3.63) is 35.6 Å². The summed E-state index contributed by atoms with van der Waals surface area (Å²) < 4.78 is 19.3. The maximum atomic E-state index is 13.3. The van der Waals surface area contributed by atoms with Crippen LogP contribution in [-0.2, 0) is 14.9 Å². The van der Waals surface area contributed by atoms with E-state index in [9.17, 15) is 9.18 Å². The Hall–Kier alpha value is -1.42. The van der Waals surface area contributed by atoms with Crippen molar-refractivity contribution in [1.29, 1.82) is 0 Å². The number of hydrogen-bond acceptors (Lipinski definition) is 3. The summed E-state index contributed by atoms with van der Waals surface area (Å²) in [5, 5.41) is 0. The smallest absolute Gasteiger partial charge is 0.316 e. The second kappa shape index (κ2) is 7.22. The number of halogens is 1. The first-order valence-electron chi connectivity index (χ1n) is 9.16. The van der Waals surface area contributed by atoms with Crippen molar-refractivity contribution in [3.63, 3.8) is 0 Å². The molecule has 0 spiro atoms. The first kappa shape index (κ1) is 17.4. The van der Waals surface area contributed by atoms with Crippen molar-refractivity contribution < 1.29 is 13.9 Å². The molecule has 0 amide bonds. The molecule has 4 heteroatoms. The largest absolute Gasteiger partial charge is 0.462 e. The first-order valence-corrected chi connectivity index (χ1v) is 9.16. The number of carbonyl (C=O) groups excluding carboxylic acids is 1. The van der Waals surface area contributed by atoms with E-state index in [0.29, 0.717) is 0 Å². The average Bonchev–Trinajstić information content (AvgIpc) is 3.12. The Balaban J connectivity index is 1.81. The van der Waals surface area contributed by atoms with Gasteiger partial charge >= 0.3 is 5.97 Å². The lowest BCUT2D eigenvalue weighted by molar-refractivity contribution is -0.160. The predicted molar refractivity (Wildman–Crippen MR) is 92.3 cm³/mol. The summed E-state index contributed by atoms with van der Waals surface area (Å²) in [4.78, 5) is 15.4. The number of carbonyl (C=O) groups is 1. The molecule has 1 aliphatic heterocycles. The van der Waals surface area contributed by atoms with Gasteiger partial charge in [0, 0.05) is 13.1 Å². The Morgan fingerprint density at radius 1 is 1.12 bits per heavy atom. The highest BCUT2D eigenvalue weighted by molar-refractivity contribution is 5.83. The van der Waals surface area contributed by atoms with Gasteiger partial charge in [-0.2, -0.15) is 0 Å². The van der Waals surface area contributed by atoms with Crippen LogP contribution in [0, 0.1) is 11.7 Å². The topological polar surface area (TPSA) is 29.5 Å². The molecule has 1 aromatic rings. The molecule has 0 N–H and O–H groups in total. The Kier molecular flexibility index (Phi) is 5.24. The lowest BCUT2D eigenvalue weighted by Gasteiger charge is -2.37. The van der Waals surface area contributed by atoms with Gasteiger partial charge in [0.25, 0.3) is 0 Å². The Labute approximate surface area is 144 Å². The van der Waals surface area contributed by atoms with Crippen molar-refractivity contribution in [2.45, 2.75) is 57.0 Å². The molecule has 3 rings (SSSR count). The molecule has 1 unspecified atom stereocenters. The molecule has 3 nitrogen and oxygen atoms in total. The van der Waals surface area contributed by atoms with Gasteiger partial charge in [-0.1, -0.05) is 25.0 Å². The van der Waals surface area contributed by atoms with Gasteiger partial charge in [0.1, 0.15) is 11.9 Å². The lowest BCUT2D eigenvalue weighted by atomic mass is 9.71. The second-order valence-electron chi connectivity index (χ2n) is 7.60. The number of hydrogen-bond donors (Lipinski definition) is 0. The molecule has 24 heavy (non-hydrogen) atoms. The maximum absolute atomic E-state index is 13.3. The summed E-state index contributed by atoms with van der Waals surface area (Å²) in [6, 6.07) is 6.41. The molecule has 2 fully saturated rings. The molecule has 0 bridgehead atoms. The van der Waals surface area contributed by atoms with E-state index < -0.39 is 5.41 Å². The molecule has 1 saturated carbocycles. The van der Waals surface area contributed by atoms with Crippen LogP contribution in [0.4, 0.5) is 4.39 Å². The number of likely N-dealkylation sites (tertiary alicyclic amines) is 1. The number of piperidine rings is 1. The molecule has 132 valence electrons. The third kappa shape index (κ3) is 3.49. The molecule has 0 aromatic heterocycles. The minimum absolute atomic E-state index is 0.00914. The fraction of sp³-hybridized carbons (Fsp3) is 0.650. The zero-order chi connectivity index (χ0) is 17.2. The Morgan fingerprint density at radius 2 is 1.71 bits per heavy atom. The number of benzene rings is 1. The highest BCUT2D eigenvalue weighted by Crippen LogP contribution is 2.43. The van der Waals surface area contributed by atoms with Gasteiger partial charge in [0.15, 0.2) is 0 Å². The van der Waals surface area contributed by atoms with Crippen LogP contribution in [0.15, 0.2) is 24.3 Å². The van der Waals surface area contributed by atoms with Gasteiger partial charge in [0.05, 0.1) is 5.41 Å². The minimum atomic E-state index is -0.673. The van der Waals surface area contributed by atoms with E-state index in [-0.39, 0.29) is 23.8 Å². The van der Waals surface area contributed by atoms with Crippen molar-refractivity contribution in [1.82, 2.24) is 4.90 Å². The van der Waals surface area contributed by atoms with E-state index in [4.69, 9.17) is 4.74 Å². The van der Waals surface area contributed by atoms with Crippen molar-refractivity contribution >= 4 is 5.97 Å². The van der Waals surface area contributed by atoms with Crippen LogP contribution in [0.1, 0.15) is 51.0 Å². The van der Waals surface area contributed by atoms with Crippen LogP contribution in [0.5, 0.6) is 0 Å². The molecular weight excluding hydrogens is 305 g/mol. The molecule has 1 heterocycles. The Morgan fingerprint density at radius 3 is 2.29 bits per heavy atom. The second-order valence-corrected chi connectivity index (χ2v) is 7.60. The van der Waals surface area contributed by atoms with E-state index in [1.165, 1.54) is 12.1 Å². The van der Waals surface area contributed by atoms with E-state index in [1.807, 2.05) is 6.92 Å². The maximum Gasteiger partial charge on any atom is 0.316 e. The predicted octanol–water partition coefficient (Wildman–Crippen LogP) is 3.91. The summed E-state index contributed by atoms with van der Waals surface area (Å²) in [6.07, 6.45) is 6.19. The minimum Gasteiger partial charge on any atom is -0.462 e. The van der Waals surface area contributed by atoms with Gasteiger partial charge in [-0.05, 0) is 63.3 Å². The standard InChI is InChI=1S/C20H28FNO2/c1-20(15-5-3-4-6-15,16-7-9-17(21)10-8-16)19(23)24-18-11-13-22(2)14-12-18/h7-10,15,18H,3-6,11-14H2,1-2H3. The Bertz CT molecular complexity index is 560. The number of nitrogens with zero attached hydrogens (tertiary/aromatic N) is 1. The molecule has 1 saturated heterocycles.